The molecule has 0 spiro atoms. The van der Waals surface area contributed by atoms with Crippen molar-refractivity contribution >= 4 is 0 Å². The molecule has 0 amide bonds. The van der Waals surface area contributed by atoms with E-state index < -0.39 is 0 Å². The Kier molecular flexibility index (Phi) is 4.46. The zero-order chi connectivity index (χ0) is 4.83. The van der Waals surface area contributed by atoms with Crippen molar-refractivity contribution in [1.29, 1.82) is 0 Å². The maximum Gasteiger partial charge on any atom is 0.0255 e. The molecule has 1 nitrogen and oxygen atoms in total. The summed E-state index contributed by atoms with van der Waals surface area (Å²) in [4.78, 5) is 0. The van der Waals surface area contributed by atoms with E-state index in [9.17, 15) is 0 Å². The highest BCUT2D eigenvalue weighted by Gasteiger charge is 1.69. The Morgan fingerprint density at radius 3 is 2.67 bits per heavy atom. The fourth-order valence-corrected chi connectivity index (χ4v) is 0.201. The van der Waals surface area contributed by atoms with Crippen LogP contribution in [0.5, 0.6) is 0 Å². The molecule has 0 heterocycles. The fourth-order valence-electron chi connectivity index (χ4n) is 0.201. The van der Waals surface area contributed by atoms with E-state index in [0.29, 0.717) is 0 Å². The van der Waals surface area contributed by atoms with Crippen molar-refractivity contribution in [2.45, 2.75) is 6.42 Å². The monoisotopic (exact) mass is 84.1 g/mol. The molecule has 0 unspecified atom stereocenters. The van der Waals surface area contributed by atoms with Crippen LogP contribution in [0.1, 0.15) is 6.42 Å². The highest BCUT2D eigenvalue weighted by molar-refractivity contribution is 4.74. The predicted octanol–water partition coefficient (Wildman–Crippen LogP) is 0.944. The van der Waals surface area contributed by atoms with E-state index in [0.717, 1.165) is 6.42 Å². The third kappa shape index (κ3) is 3.70. The molecule has 1 N–H and O–H groups in total. The van der Waals surface area contributed by atoms with Crippen molar-refractivity contribution < 1.29 is 0 Å². The van der Waals surface area contributed by atoms with Gasteiger partial charge in [-0.25, -0.2) is 0 Å². The largest absolute Gasteiger partial charge is 0.315 e. The maximum absolute atomic E-state index is 3.53. The van der Waals surface area contributed by atoms with Gasteiger partial charge in [-0.3, -0.25) is 0 Å². The number of hydrogen-bond donors (Lipinski definition) is 1. The number of nitrogens with one attached hydrogen (secondary N) is 1. The molecule has 0 saturated heterocycles. The molecular formula is C5H10N. The zero-order valence-electron chi connectivity index (χ0n) is 4.07. The lowest BCUT2D eigenvalue weighted by Crippen LogP contribution is -1.97. The SMILES string of the molecule is C=CC[CH]NC. The minimum absolute atomic E-state index is 0.941. The third-order valence-corrected chi connectivity index (χ3v) is 0.489. The second kappa shape index (κ2) is 4.70. The smallest absolute Gasteiger partial charge is 0.0255 e. The van der Waals surface area contributed by atoms with Crippen molar-refractivity contribution in [3.05, 3.63) is 19.2 Å². The van der Waals surface area contributed by atoms with Gasteiger partial charge in [0.15, 0.2) is 0 Å². The van der Waals surface area contributed by atoms with Gasteiger partial charge in [-0.05, 0) is 13.5 Å². The van der Waals surface area contributed by atoms with Crippen LogP contribution in [-0.4, -0.2) is 7.05 Å². The Hall–Kier alpha value is -0.300. The predicted molar refractivity (Wildman–Crippen MR) is 28.2 cm³/mol. The van der Waals surface area contributed by atoms with Crippen LogP contribution in [0.2, 0.25) is 0 Å². The van der Waals surface area contributed by atoms with Crippen molar-refractivity contribution in [1.82, 2.24) is 5.32 Å². The molecule has 0 rings (SSSR count). The molecule has 1 radical (unpaired) electrons. The minimum atomic E-state index is 0.941. The van der Waals surface area contributed by atoms with E-state index in [-0.39, 0.29) is 0 Å². The van der Waals surface area contributed by atoms with Crippen molar-refractivity contribution in [2.75, 3.05) is 7.05 Å². The second-order valence-electron chi connectivity index (χ2n) is 1.02. The first-order valence-corrected chi connectivity index (χ1v) is 2.01. The average molecular weight is 84.1 g/mol. The summed E-state index contributed by atoms with van der Waals surface area (Å²) in [5.41, 5.74) is 0. The standard InChI is InChI=1S/C5H10N/c1-3-4-5-6-2/h3,5-6H,1,4H2,2H3. The van der Waals surface area contributed by atoms with Gasteiger partial charge in [-0.2, -0.15) is 0 Å². The molecular weight excluding hydrogens is 74.1 g/mol. The minimum Gasteiger partial charge on any atom is -0.315 e. The van der Waals surface area contributed by atoms with Crippen molar-refractivity contribution in [3.8, 4) is 0 Å². The van der Waals surface area contributed by atoms with Crippen LogP contribution < -0.4 is 5.32 Å². The zero-order valence-corrected chi connectivity index (χ0v) is 4.07. The lowest BCUT2D eigenvalue weighted by molar-refractivity contribution is 0.932. The van der Waals surface area contributed by atoms with Gasteiger partial charge >= 0.3 is 0 Å². The lowest BCUT2D eigenvalue weighted by Gasteiger charge is -1.85. The topological polar surface area (TPSA) is 12.0 Å². The molecule has 0 fully saturated rings. The van der Waals surface area contributed by atoms with Crippen LogP contribution in [0.4, 0.5) is 0 Å². The van der Waals surface area contributed by atoms with Crippen LogP contribution in [0.25, 0.3) is 0 Å². The van der Waals surface area contributed by atoms with Gasteiger partial charge in [-0.15, -0.1) is 6.58 Å². The van der Waals surface area contributed by atoms with E-state index in [1.165, 1.54) is 0 Å². The lowest BCUT2D eigenvalue weighted by atomic mass is 10.4. The Morgan fingerprint density at radius 2 is 2.50 bits per heavy atom. The highest BCUT2D eigenvalue weighted by Crippen LogP contribution is 1.77. The van der Waals surface area contributed by atoms with Gasteiger partial charge in [0.1, 0.15) is 0 Å². The molecule has 0 aromatic carbocycles. The summed E-state index contributed by atoms with van der Waals surface area (Å²) in [7, 11) is 1.88. The molecule has 1 heteroatoms. The highest BCUT2D eigenvalue weighted by atomic mass is 14.8. The molecule has 6 heavy (non-hydrogen) atoms. The first kappa shape index (κ1) is 5.70. The van der Waals surface area contributed by atoms with E-state index in [1.54, 1.807) is 0 Å². The molecule has 0 aliphatic heterocycles. The van der Waals surface area contributed by atoms with E-state index in [2.05, 4.69) is 11.9 Å². The number of rotatable bonds is 3. The van der Waals surface area contributed by atoms with Crippen LogP contribution in [0.3, 0.4) is 0 Å². The first-order valence-electron chi connectivity index (χ1n) is 2.01. The summed E-state index contributed by atoms with van der Waals surface area (Å²) in [5.74, 6) is 0. The van der Waals surface area contributed by atoms with Gasteiger partial charge in [0.25, 0.3) is 0 Å². The van der Waals surface area contributed by atoms with Gasteiger partial charge in [0.05, 0.1) is 0 Å². The van der Waals surface area contributed by atoms with Crippen LogP contribution in [0.15, 0.2) is 12.7 Å². The molecule has 0 aliphatic carbocycles. The first-order chi connectivity index (χ1) is 2.91. The van der Waals surface area contributed by atoms with Crippen molar-refractivity contribution in [3.63, 3.8) is 0 Å². The van der Waals surface area contributed by atoms with Gasteiger partial charge in [0, 0.05) is 6.54 Å². The molecule has 0 aromatic rings. The second-order valence-corrected chi connectivity index (χ2v) is 1.02. The van der Waals surface area contributed by atoms with Crippen molar-refractivity contribution in [2.24, 2.45) is 0 Å². The van der Waals surface area contributed by atoms with Crippen LogP contribution in [0, 0.1) is 6.54 Å². The maximum atomic E-state index is 3.53. The Balaban J connectivity index is 2.49. The van der Waals surface area contributed by atoms with Crippen LogP contribution in [-0.2, 0) is 0 Å². The Bertz CT molecular complexity index is 32.9. The molecule has 0 atom stereocenters. The summed E-state index contributed by atoms with van der Waals surface area (Å²) in [6, 6.07) is 0. The summed E-state index contributed by atoms with van der Waals surface area (Å²) < 4.78 is 0. The summed E-state index contributed by atoms with van der Waals surface area (Å²) >= 11 is 0. The summed E-state index contributed by atoms with van der Waals surface area (Å²) in [6.07, 6.45) is 2.78. The molecule has 0 saturated carbocycles. The average Bonchev–Trinajstić information content (AvgIpc) is 1.61. The Morgan fingerprint density at radius 1 is 1.83 bits per heavy atom. The van der Waals surface area contributed by atoms with Gasteiger partial charge in [-0.1, -0.05) is 6.08 Å². The van der Waals surface area contributed by atoms with E-state index in [4.69, 9.17) is 0 Å². The van der Waals surface area contributed by atoms with E-state index in [1.807, 2.05) is 19.7 Å². The summed E-state index contributed by atoms with van der Waals surface area (Å²) in [6.45, 7) is 5.46. The normalized spacial score (nSPS) is 8.17. The quantitative estimate of drug-likeness (QED) is 0.396. The fraction of sp³-hybridized carbons (Fsp3) is 0.400. The van der Waals surface area contributed by atoms with Crippen LogP contribution >= 0.6 is 0 Å². The number of hydrogen-bond acceptors (Lipinski definition) is 1. The third-order valence-electron chi connectivity index (χ3n) is 0.489. The van der Waals surface area contributed by atoms with E-state index >= 15 is 0 Å². The van der Waals surface area contributed by atoms with Gasteiger partial charge < -0.3 is 5.32 Å². The molecule has 35 valence electrons. The molecule has 0 bridgehead atoms. The summed E-state index contributed by atoms with van der Waals surface area (Å²) in [5, 5.41) is 2.87. The van der Waals surface area contributed by atoms with Gasteiger partial charge in [0.2, 0.25) is 0 Å². The Labute approximate surface area is 39.1 Å². The molecule has 0 aromatic heterocycles. The molecule has 0 aliphatic rings.